The highest BCUT2D eigenvalue weighted by Crippen LogP contribution is 2.42. The lowest BCUT2D eigenvalue weighted by atomic mass is 10.1. The summed E-state index contributed by atoms with van der Waals surface area (Å²) >= 11 is 14.4. The van der Waals surface area contributed by atoms with Gasteiger partial charge in [0.25, 0.3) is 0 Å². The molecule has 0 atom stereocenters. The molecule has 0 amide bonds. The summed E-state index contributed by atoms with van der Waals surface area (Å²) in [5.41, 5.74) is 2.21. The summed E-state index contributed by atoms with van der Waals surface area (Å²) in [6.45, 7) is 0. The molecule has 0 radical (unpaired) electrons. The first-order valence-corrected chi connectivity index (χ1v) is 7.93. The first kappa shape index (κ1) is 13.6. The van der Waals surface area contributed by atoms with E-state index in [1.165, 1.54) is 12.8 Å². The standard InChI is InChI=1S/C14H11Cl2IN2/c15-10-3-1-2-8(6-10)7-11-18-13(9-4-5-9)12(17)14(16)19-11/h1-3,6,9H,4-5,7H2. The van der Waals surface area contributed by atoms with Crippen LogP contribution >= 0.6 is 45.8 Å². The number of hydrogen-bond acceptors (Lipinski definition) is 2. The Morgan fingerprint density at radius 2 is 2.00 bits per heavy atom. The van der Waals surface area contributed by atoms with Gasteiger partial charge in [-0.2, -0.15) is 0 Å². The Hall–Kier alpha value is -0.390. The Balaban J connectivity index is 1.92. The van der Waals surface area contributed by atoms with Gasteiger partial charge in [0.1, 0.15) is 11.0 Å². The fraction of sp³-hybridized carbons (Fsp3) is 0.286. The van der Waals surface area contributed by atoms with E-state index in [-0.39, 0.29) is 0 Å². The SMILES string of the molecule is Clc1cccc(Cc2nc(Cl)c(I)c(C3CC3)n2)c1. The van der Waals surface area contributed by atoms with Crippen LogP contribution in [0.2, 0.25) is 10.2 Å². The number of halogens is 3. The van der Waals surface area contributed by atoms with E-state index < -0.39 is 0 Å². The third-order valence-electron chi connectivity index (χ3n) is 3.10. The van der Waals surface area contributed by atoms with E-state index in [0.717, 1.165) is 25.7 Å². The lowest BCUT2D eigenvalue weighted by Gasteiger charge is -2.07. The highest BCUT2D eigenvalue weighted by atomic mass is 127. The predicted molar refractivity (Wildman–Crippen MR) is 86.0 cm³/mol. The van der Waals surface area contributed by atoms with Crippen LogP contribution in [0.3, 0.4) is 0 Å². The number of aromatic nitrogens is 2. The molecule has 1 saturated carbocycles. The van der Waals surface area contributed by atoms with Crippen molar-refractivity contribution in [3.63, 3.8) is 0 Å². The Bertz CT molecular complexity index is 627. The van der Waals surface area contributed by atoms with Crippen molar-refractivity contribution in [1.29, 1.82) is 0 Å². The van der Waals surface area contributed by atoms with Crippen molar-refractivity contribution in [2.75, 3.05) is 0 Å². The van der Waals surface area contributed by atoms with Crippen LogP contribution in [0.1, 0.15) is 35.8 Å². The molecule has 0 unspecified atom stereocenters. The lowest BCUT2D eigenvalue weighted by molar-refractivity contribution is 0.889. The quantitative estimate of drug-likeness (QED) is 0.539. The Morgan fingerprint density at radius 3 is 2.68 bits per heavy atom. The van der Waals surface area contributed by atoms with Crippen molar-refractivity contribution in [3.8, 4) is 0 Å². The molecular weight excluding hydrogens is 394 g/mol. The molecule has 0 spiro atoms. The highest BCUT2D eigenvalue weighted by molar-refractivity contribution is 14.1. The van der Waals surface area contributed by atoms with E-state index in [4.69, 9.17) is 23.2 Å². The van der Waals surface area contributed by atoms with Gasteiger partial charge in [0.2, 0.25) is 0 Å². The van der Waals surface area contributed by atoms with Gasteiger partial charge in [-0.25, -0.2) is 9.97 Å². The first-order valence-electron chi connectivity index (χ1n) is 6.10. The second-order valence-electron chi connectivity index (χ2n) is 4.71. The maximum absolute atomic E-state index is 6.20. The van der Waals surface area contributed by atoms with Crippen molar-refractivity contribution >= 4 is 45.8 Å². The summed E-state index contributed by atoms with van der Waals surface area (Å²) in [6, 6.07) is 7.77. The zero-order chi connectivity index (χ0) is 13.4. The molecule has 1 heterocycles. The highest BCUT2D eigenvalue weighted by Gasteiger charge is 2.29. The minimum absolute atomic E-state index is 0.564. The van der Waals surface area contributed by atoms with Crippen molar-refractivity contribution in [1.82, 2.24) is 9.97 Å². The zero-order valence-electron chi connectivity index (χ0n) is 10.0. The summed E-state index contributed by atoms with van der Waals surface area (Å²) in [5, 5.41) is 1.30. The molecule has 2 aromatic rings. The van der Waals surface area contributed by atoms with Crippen LogP contribution in [0.25, 0.3) is 0 Å². The molecule has 1 fully saturated rings. The van der Waals surface area contributed by atoms with Crippen molar-refractivity contribution in [2.45, 2.75) is 25.2 Å². The smallest absolute Gasteiger partial charge is 0.146 e. The average Bonchev–Trinajstić information content (AvgIpc) is 3.18. The largest absolute Gasteiger partial charge is 0.236 e. The summed E-state index contributed by atoms with van der Waals surface area (Å²) < 4.78 is 0.997. The van der Waals surface area contributed by atoms with Crippen LogP contribution in [0.4, 0.5) is 0 Å². The second-order valence-corrected chi connectivity index (χ2v) is 6.58. The first-order chi connectivity index (χ1) is 9.13. The van der Waals surface area contributed by atoms with Crippen molar-refractivity contribution < 1.29 is 0 Å². The number of hydrogen-bond donors (Lipinski definition) is 0. The molecule has 1 aliphatic rings. The van der Waals surface area contributed by atoms with Crippen LogP contribution in [0.5, 0.6) is 0 Å². The van der Waals surface area contributed by atoms with Gasteiger partial charge in [-0.1, -0.05) is 35.3 Å². The number of nitrogens with zero attached hydrogens (tertiary/aromatic N) is 2. The van der Waals surface area contributed by atoms with Gasteiger partial charge < -0.3 is 0 Å². The van der Waals surface area contributed by atoms with E-state index in [0.29, 0.717) is 17.5 Å². The van der Waals surface area contributed by atoms with E-state index in [1.54, 1.807) is 0 Å². The average molecular weight is 405 g/mol. The molecule has 1 aromatic carbocycles. The molecule has 2 nitrogen and oxygen atoms in total. The van der Waals surface area contributed by atoms with Gasteiger partial charge in [-0.15, -0.1) is 0 Å². The van der Waals surface area contributed by atoms with Gasteiger partial charge >= 0.3 is 0 Å². The Morgan fingerprint density at radius 1 is 1.21 bits per heavy atom. The molecular formula is C14H11Cl2IN2. The summed E-state index contributed by atoms with van der Waals surface area (Å²) in [5.74, 6) is 1.35. The van der Waals surface area contributed by atoms with E-state index in [2.05, 4.69) is 32.6 Å². The summed E-state index contributed by atoms with van der Waals surface area (Å²) in [4.78, 5) is 9.05. The molecule has 3 rings (SSSR count). The van der Waals surface area contributed by atoms with Crippen LogP contribution < -0.4 is 0 Å². The predicted octanol–water partition coefficient (Wildman–Crippen LogP) is 4.86. The van der Waals surface area contributed by atoms with E-state index in [9.17, 15) is 0 Å². The Labute approximate surface area is 135 Å². The molecule has 1 aromatic heterocycles. The lowest BCUT2D eigenvalue weighted by Crippen LogP contribution is -2.03. The van der Waals surface area contributed by atoms with Crippen LogP contribution in [-0.2, 0) is 6.42 Å². The molecule has 0 N–H and O–H groups in total. The maximum atomic E-state index is 6.20. The fourth-order valence-corrected chi connectivity index (χ4v) is 3.11. The molecule has 98 valence electrons. The molecule has 0 bridgehead atoms. The van der Waals surface area contributed by atoms with Crippen LogP contribution in [0.15, 0.2) is 24.3 Å². The third kappa shape index (κ3) is 3.20. The van der Waals surface area contributed by atoms with E-state index in [1.807, 2.05) is 24.3 Å². The number of benzene rings is 1. The third-order valence-corrected chi connectivity index (χ3v) is 4.99. The maximum Gasteiger partial charge on any atom is 0.146 e. The Kier molecular flexibility index (Phi) is 3.96. The van der Waals surface area contributed by atoms with Crippen molar-refractivity contribution in [2.24, 2.45) is 0 Å². The number of rotatable bonds is 3. The summed E-state index contributed by atoms with van der Waals surface area (Å²) in [7, 11) is 0. The molecule has 5 heteroatoms. The molecule has 0 saturated heterocycles. The van der Waals surface area contributed by atoms with Gasteiger partial charge in [0.05, 0.1) is 9.26 Å². The fourth-order valence-electron chi connectivity index (χ4n) is 2.02. The zero-order valence-corrected chi connectivity index (χ0v) is 13.7. The van der Waals surface area contributed by atoms with Crippen LogP contribution in [0, 0.1) is 3.57 Å². The van der Waals surface area contributed by atoms with E-state index >= 15 is 0 Å². The molecule has 0 aliphatic heterocycles. The monoisotopic (exact) mass is 404 g/mol. The van der Waals surface area contributed by atoms with Crippen molar-refractivity contribution in [3.05, 3.63) is 55.1 Å². The minimum Gasteiger partial charge on any atom is -0.236 e. The minimum atomic E-state index is 0.564. The van der Waals surface area contributed by atoms with Crippen LogP contribution in [-0.4, -0.2) is 9.97 Å². The normalized spacial score (nSPS) is 14.7. The molecule has 1 aliphatic carbocycles. The van der Waals surface area contributed by atoms with Gasteiger partial charge in [-0.05, 0) is 53.1 Å². The topological polar surface area (TPSA) is 25.8 Å². The molecule has 19 heavy (non-hydrogen) atoms. The van der Waals surface area contributed by atoms with Gasteiger partial charge in [0.15, 0.2) is 0 Å². The summed E-state index contributed by atoms with van der Waals surface area (Å²) in [6.07, 6.45) is 3.08. The van der Waals surface area contributed by atoms with Gasteiger partial charge in [-0.3, -0.25) is 0 Å². The second kappa shape index (κ2) is 5.54. The van der Waals surface area contributed by atoms with Gasteiger partial charge in [0, 0.05) is 17.4 Å².